The molecule has 0 radical (unpaired) electrons. The van der Waals surface area contributed by atoms with Crippen molar-refractivity contribution in [1.29, 1.82) is 0 Å². The van der Waals surface area contributed by atoms with Crippen molar-refractivity contribution in [3.8, 4) is 56.5 Å². The zero-order valence-corrected chi connectivity index (χ0v) is 29.5. The smallest absolute Gasteiger partial charge is 0.164 e. The van der Waals surface area contributed by atoms with E-state index in [-0.39, 0.29) is 0 Å². The molecule has 0 aliphatic heterocycles. The number of nitrogens with zero attached hydrogens (tertiary/aromatic N) is 6. The third kappa shape index (κ3) is 5.23. The third-order valence-electron chi connectivity index (χ3n) is 10.4. The zero-order valence-electron chi connectivity index (χ0n) is 29.5. The summed E-state index contributed by atoms with van der Waals surface area (Å²) in [6.07, 6.45) is 2.06. The molecule has 7 aromatic carbocycles. The summed E-state index contributed by atoms with van der Waals surface area (Å²) in [6.45, 7) is 0. The highest BCUT2D eigenvalue weighted by molar-refractivity contribution is 6.09. The summed E-state index contributed by atoms with van der Waals surface area (Å²) < 4.78 is 2.14. The number of hydrogen-bond donors (Lipinski definition) is 0. The van der Waals surface area contributed by atoms with Gasteiger partial charge in [0.1, 0.15) is 11.2 Å². The minimum absolute atomic E-state index is 0.613. The summed E-state index contributed by atoms with van der Waals surface area (Å²) in [6, 6.07) is 60.7. The van der Waals surface area contributed by atoms with Crippen LogP contribution in [0.5, 0.6) is 0 Å². The van der Waals surface area contributed by atoms with Crippen LogP contribution in [0.25, 0.3) is 106 Å². The van der Waals surface area contributed by atoms with Crippen LogP contribution in [0.3, 0.4) is 0 Å². The second-order valence-electron chi connectivity index (χ2n) is 13.7. The summed E-state index contributed by atoms with van der Waals surface area (Å²) in [5.41, 5.74) is 10.6. The van der Waals surface area contributed by atoms with Gasteiger partial charge in [-0.1, -0.05) is 146 Å². The van der Waals surface area contributed by atoms with E-state index in [9.17, 15) is 0 Å². The van der Waals surface area contributed by atoms with Crippen LogP contribution in [-0.4, -0.2) is 29.3 Å². The molecule has 11 rings (SSSR count). The molecule has 0 saturated heterocycles. The van der Waals surface area contributed by atoms with Crippen LogP contribution < -0.4 is 0 Å². The fourth-order valence-corrected chi connectivity index (χ4v) is 7.83. The van der Waals surface area contributed by atoms with Gasteiger partial charge in [0.05, 0.1) is 16.7 Å². The molecular formula is C49H30N6. The van der Waals surface area contributed by atoms with Crippen LogP contribution in [-0.2, 0) is 0 Å². The zero-order chi connectivity index (χ0) is 36.3. The second-order valence-corrected chi connectivity index (χ2v) is 13.7. The normalized spacial score (nSPS) is 11.6. The van der Waals surface area contributed by atoms with E-state index in [1.54, 1.807) is 0 Å². The number of rotatable bonds is 5. The molecule has 0 spiro atoms. The number of hydrogen-bond acceptors (Lipinski definition) is 5. The minimum Gasteiger partial charge on any atom is -0.298 e. The average Bonchev–Trinajstić information content (AvgIpc) is 3.66. The van der Waals surface area contributed by atoms with Gasteiger partial charge in [-0.15, -0.1) is 0 Å². The molecule has 0 saturated carbocycles. The van der Waals surface area contributed by atoms with Crippen LogP contribution >= 0.6 is 0 Å². The van der Waals surface area contributed by atoms with E-state index in [4.69, 9.17) is 24.9 Å². The van der Waals surface area contributed by atoms with Crippen molar-refractivity contribution in [2.24, 2.45) is 0 Å². The maximum absolute atomic E-state index is 5.23. The van der Waals surface area contributed by atoms with Gasteiger partial charge >= 0.3 is 0 Å². The Hall–Kier alpha value is -7.57. The van der Waals surface area contributed by atoms with E-state index >= 15 is 0 Å². The first-order valence-electron chi connectivity index (χ1n) is 18.3. The van der Waals surface area contributed by atoms with Crippen LogP contribution in [0.4, 0.5) is 0 Å². The van der Waals surface area contributed by atoms with Crippen LogP contribution in [0.1, 0.15) is 0 Å². The summed E-state index contributed by atoms with van der Waals surface area (Å²) in [7, 11) is 0. The first kappa shape index (κ1) is 31.0. The summed E-state index contributed by atoms with van der Waals surface area (Å²) >= 11 is 0. The third-order valence-corrected chi connectivity index (χ3v) is 10.4. The van der Waals surface area contributed by atoms with Gasteiger partial charge < -0.3 is 0 Å². The second kappa shape index (κ2) is 12.5. The fraction of sp³-hybridized carbons (Fsp3) is 0. The molecule has 256 valence electrons. The monoisotopic (exact) mass is 702 g/mol. The maximum atomic E-state index is 5.23. The summed E-state index contributed by atoms with van der Waals surface area (Å²) in [4.78, 5) is 25.8. The highest BCUT2D eigenvalue weighted by Crippen LogP contribution is 2.36. The highest BCUT2D eigenvalue weighted by Gasteiger charge is 2.18. The van der Waals surface area contributed by atoms with Crippen LogP contribution in [0.15, 0.2) is 182 Å². The molecule has 0 amide bonds. The lowest BCUT2D eigenvalue weighted by molar-refractivity contribution is 1.08. The van der Waals surface area contributed by atoms with Gasteiger partial charge in [-0.3, -0.25) is 4.40 Å². The van der Waals surface area contributed by atoms with Crippen LogP contribution in [0.2, 0.25) is 0 Å². The average molecular weight is 703 g/mol. The van der Waals surface area contributed by atoms with E-state index in [1.807, 2.05) is 30.3 Å². The van der Waals surface area contributed by atoms with E-state index < -0.39 is 0 Å². The molecule has 6 nitrogen and oxygen atoms in total. The van der Waals surface area contributed by atoms with Crippen molar-refractivity contribution in [3.05, 3.63) is 182 Å². The van der Waals surface area contributed by atoms with Crippen molar-refractivity contribution >= 4 is 49.1 Å². The van der Waals surface area contributed by atoms with Crippen molar-refractivity contribution < 1.29 is 0 Å². The lowest BCUT2D eigenvalue weighted by Crippen LogP contribution is -2.01. The van der Waals surface area contributed by atoms with E-state index in [0.717, 1.165) is 88.2 Å². The number of benzene rings is 7. The van der Waals surface area contributed by atoms with E-state index in [2.05, 4.69) is 156 Å². The first-order valence-corrected chi connectivity index (χ1v) is 18.3. The minimum atomic E-state index is 0.613. The molecule has 0 bridgehead atoms. The van der Waals surface area contributed by atoms with Crippen molar-refractivity contribution in [3.63, 3.8) is 0 Å². The fourth-order valence-electron chi connectivity index (χ4n) is 7.83. The van der Waals surface area contributed by atoms with Gasteiger partial charge in [-0.25, -0.2) is 24.9 Å². The molecule has 4 heterocycles. The summed E-state index contributed by atoms with van der Waals surface area (Å²) in [5.74, 6) is 1.88. The lowest BCUT2D eigenvalue weighted by Gasteiger charge is -2.12. The topological polar surface area (TPSA) is 68.9 Å². The molecule has 0 N–H and O–H groups in total. The van der Waals surface area contributed by atoms with E-state index in [1.165, 1.54) is 0 Å². The number of para-hydroxylation sites is 1. The Morgan fingerprint density at radius 3 is 1.60 bits per heavy atom. The Morgan fingerprint density at radius 2 is 0.891 bits per heavy atom. The first-order chi connectivity index (χ1) is 27.2. The molecule has 0 unspecified atom stereocenters. The molecule has 0 aliphatic rings. The molecule has 0 aliphatic carbocycles. The molecule has 0 atom stereocenters. The van der Waals surface area contributed by atoms with Crippen molar-refractivity contribution in [2.45, 2.75) is 0 Å². The van der Waals surface area contributed by atoms with Gasteiger partial charge in [-0.05, 0) is 63.0 Å². The number of imidazole rings is 1. The summed E-state index contributed by atoms with van der Waals surface area (Å²) in [5, 5.41) is 5.50. The Labute approximate surface area is 316 Å². The van der Waals surface area contributed by atoms with Crippen molar-refractivity contribution in [2.75, 3.05) is 0 Å². The van der Waals surface area contributed by atoms with Gasteiger partial charge in [0.15, 0.2) is 17.5 Å². The largest absolute Gasteiger partial charge is 0.298 e. The molecule has 0 fully saturated rings. The Morgan fingerprint density at radius 1 is 0.364 bits per heavy atom. The van der Waals surface area contributed by atoms with Gasteiger partial charge in [-0.2, -0.15) is 0 Å². The Bertz CT molecular complexity index is 3180. The Kier molecular flexibility index (Phi) is 7.07. The van der Waals surface area contributed by atoms with Gasteiger partial charge in [0, 0.05) is 33.8 Å². The van der Waals surface area contributed by atoms with Crippen LogP contribution in [0, 0.1) is 0 Å². The number of fused-ring (bicyclic) bond motifs is 7. The SMILES string of the molecule is c1cc(-c2cccc(-c3nc4ccccc4c4nc5ccccn5c34)c2)cc(-c2nc(-c3cccc4ccccc34)nc(-c3cccc4ccccc34)n2)c1. The standard InChI is InChI=1S/C49H30N6/c1-3-21-37-31(13-1)15-11-24-39(37)48-52-47(53-49(54-48)40-25-12-16-32-14-2-4-22-38(32)40)36-20-10-18-34(30-36)33-17-9-19-35(29-33)44-46-45(41-23-5-6-26-42(41)50-44)51-43-27-7-8-28-55(43)46/h1-30H. The molecule has 55 heavy (non-hydrogen) atoms. The predicted molar refractivity (Wildman–Crippen MR) is 224 cm³/mol. The van der Waals surface area contributed by atoms with Gasteiger partial charge in [0.25, 0.3) is 0 Å². The van der Waals surface area contributed by atoms with E-state index in [0.29, 0.717) is 17.5 Å². The number of aromatic nitrogens is 6. The Balaban J connectivity index is 1.08. The maximum Gasteiger partial charge on any atom is 0.164 e. The molecule has 6 heteroatoms. The number of pyridine rings is 2. The predicted octanol–water partition coefficient (Wildman–Crippen LogP) is 11.9. The molecular weight excluding hydrogens is 673 g/mol. The lowest BCUT2D eigenvalue weighted by atomic mass is 9.98. The molecule has 11 aromatic rings. The molecule has 4 aromatic heterocycles. The highest BCUT2D eigenvalue weighted by atomic mass is 15.0. The van der Waals surface area contributed by atoms with Crippen molar-refractivity contribution in [1.82, 2.24) is 29.3 Å². The van der Waals surface area contributed by atoms with Gasteiger partial charge in [0.2, 0.25) is 0 Å². The quantitative estimate of drug-likeness (QED) is 0.179.